The summed E-state index contributed by atoms with van der Waals surface area (Å²) in [5.41, 5.74) is 1.44. The van der Waals surface area contributed by atoms with Crippen molar-refractivity contribution in [2.24, 2.45) is 5.92 Å². The molecule has 0 aliphatic carbocycles. The van der Waals surface area contributed by atoms with E-state index in [9.17, 15) is 0 Å². The van der Waals surface area contributed by atoms with Crippen LogP contribution in [-0.4, -0.2) is 7.11 Å². The quantitative estimate of drug-likeness (QED) is 0.706. The SMILES string of the molecule is CC.CC(C)Cc1ccccc1.COc1ccccc1. The predicted octanol–water partition coefficient (Wildman–Crippen LogP) is 5.61. The second-order valence-electron chi connectivity index (χ2n) is 4.60. The van der Waals surface area contributed by atoms with Gasteiger partial charge in [0.05, 0.1) is 7.11 Å². The molecule has 0 aromatic heterocycles. The Kier molecular flexibility index (Phi) is 11.2. The minimum Gasteiger partial charge on any atom is -0.497 e. The van der Waals surface area contributed by atoms with Gasteiger partial charge in [0.25, 0.3) is 0 Å². The molecular formula is C19H28O. The molecule has 0 N–H and O–H groups in total. The van der Waals surface area contributed by atoms with Crippen LogP contribution in [-0.2, 0) is 6.42 Å². The van der Waals surface area contributed by atoms with Crippen molar-refractivity contribution in [2.75, 3.05) is 7.11 Å². The first-order valence-electron chi connectivity index (χ1n) is 7.35. The van der Waals surface area contributed by atoms with Gasteiger partial charge in [-0.05, 0) is 30.0 Å². The molecular weight excluding hydrogens is 244 g/mol. The van der Waals surface area contributed by atoms with Gasteiger partial charge in [-0.3, -0.25) is 0 Å². The summed E-state index contributed by atoms with van der Waals surface area (Å²) in [6, 6.07) is 20.3. The number of rotatable bonds is 3. The van der Waals surface area contributed by atoms with E-state index in [1.54, 1.807) is 7.11 Å². The highest BCUT2D eigenvalue weighted by molar-refractivity contribution is 5.20. The average molecular weight is 272 g/mol. The molecule has 0 unspecified atom stereocenters. The van der Waals surface area contributed by atoms with Crippen LogP contribution in [0.25, 0.3) is 0 Å². The van der Waals surface area contributed by atoms with Crippen LogP contribution < -0.4 is 4.74 Å². The van der Waals surface area contributed by atoms with Gasteiger partial charge < -0.3 is 4.74 Å². The van der Waals surface area contributed by atoms with Crippen molar-refractivity contribution in [1.82, 2.24) is 0 Å². The molecule has 1 heteroatoms. The van der Waals surface area contributed by atoms with Crippen LogP contribution in [0.4, 0.5) is 0 Å². The maximum absolute atomic E-state index is 4.91. The molecule has 0 radical (unpaired) electrons. The Labute approximate surface area is 124 Å². The lowest BCUT2D eigenvalue weighted by Crippen LogP contribution is -1.92. The van der Waals surface area contributed by atoms with E-state index in [1.807, 2.05) is 44.2 Å². The molecule has 0 aliphatic heterocycles. The Hall–Kier alpha value is -1.76. The van der Waals surface area contributed by atoms with Gasteiger partial charge in [-0.15, -0.1) is 0 Å². The molecule has 0 saturated heterocycles. The average Bonchev–Trinajstić information content (AvgIpc) is 2.51. The van der Waals surface area contributed by atoms with E-state index in [1.165, 1.54) is 12.0 Å². The molecule has 2 aromatic rings. The highest BCUT2D eigenvalue weighted by Gasteiger charge is 1.94. The number of benzene rings is 2. The van der Waals surface area contributed by atoms with Crippen LogP contribution in [0.5, 0.6) is 5.75 Å². The molecule has 0 bridgehead atoms. The molecule has 0 amide bonds. The molecule has 0 atom stereocenters. The van der Waals surface area contributed by atoms with E-state index < -0.39 is 0 Å². The first kappa shape index (κ1) is 18.2. The molecule has 2 rings (SSSR count). The molecule has 0 fully saturated rings. The second kappa shape index (κ2) is 12.3. The Bertz CT molecular complexity index is 406. The van der Waals surface area contributed by atoms with Crippen LogP contribution in [0, 0.1) is 5.92 Å². The lowest BCUT2D eigenvalue weighted by Gasteiger charge is -2.02. The topological polar surface area (TPSA) is 9.23 Å². The van der Waals surface area contributed by atoms with Crippen molar-refractivity contribution in [1.29, 1.82) is 0 Å². The third-order valence-corrected chi connectivity index (χ3v) is 2.47. The number of methoxy groups -OCH3 is 1. The Morgan fingerprint density at radius 2 is 1.25 bits per heavy atom. The van der Waals surface area contributed by atoms with Crippen molar-refractivity contribution >= 4 is 0 Å². The highest BCUT2D eigenvalue weighted by Crippen LogP contribution is 2.06. The predicted molar refractivity (Wildman–Crippen MR) is 89.3 cm³/mol. The summed E-state index contributed by atoms with van der Waals surface area (Å²) in [6.07, 6.45) is 1.20. The van der Waals surface area contributed by atoms with Crippen LogP contribution in [0.2, 0.25) is 0 Å². The molecule has 0 aliphatic rings. The number of para-hydroxylation sites is 1. The molecule has 20 heavy (non-hydrogen) atoms. The van der Waals surface area contributed by atoms with Gasteiger partial charge in [-0.25, -0.2) is 0 Å². The smallest absolute Gasteiger partial charge is 0.118 e. The zero-order valence-corrected chi connectivity index (χ0v) is 13.5. The minimum atomic E-state index is 0.766. The van der Waals surface area contributed by atoms with E-state index in [4.69, 9.17) is 4.74 Å². The molecule has 0 saturated carbocycles. The summed E-state index contributed by atoms with van der Waals surface area (Å²) in [6.45, 7) is 8.49. The van der Waals surface area contributed by atoms with Gasteiger partial charge in [0.2, 0.25) is 0 Å². The van der Waals surface area contributed by atoms with Crippen molar-refractivity contribution in [3.05, 3.63) is 66.2 Å². The fraction of sp³-hybridized carbons (Fsp3) is 0.368. The van der Waals surface area contributed by atoms with Crippen LogP contribution in [0.3, 0.4) is 0 Å². The second-order valence-corrected chi connectivity index (χ2v) is 4.60. The third kappa shape index (κ3) is 9.21. The summed E-state index contributed by atoms with van der Waals surface area (Å²) >= 11 is 0. The molecule has 2 aromatic carbocycles. The van der Waals surface area contributed by atoms with Crippen LogP contribution in [0.1, 0.15) is 33.3 Å². The summed E-state index contributed by atoms with van der Waals surface area (Å²) < 4.78 is 4.91. The zero-order valence-electron chi connectivity index (χ0n) is 13.5. The standard InChI is InChI=1S/C10H14.C7H8O.C2H6/c1-9(2)8-10-6-4-3-5-7-10;1-8-7-5-3-2-4-6-7;1-2/h3-7,9H,8H2,1-2H3;2-6H,1H3;1-2H3. The normalized spacial score (nSPS) is 8.90. The molecule has 0 heterocycles. The van der Waals surface area contributed by atoms with Crippen molar-refractivity contribution in [2.45, 2.75) is 34.1 Å². The summed E-state index contributed by atoms with van der Waals surface area (Å²) in [4.78, 5) is 0. The maximum Gasteiger partial charge on any atom is 0.118 e. The van der Waals surface area contributed by atoms with Gasteiger partial charge in [0.1, 0.15) is 5.75 Å². The van der Waals surface area contributed by atoms with Gasteiger partial charge in [-0.1, -0.05) is 76.2 Å². The van der Waals surface area contributed by atoms with Gasteiger partial charge in [0.15, 0.2) is 0 Å². The minimum absolute atomic E-state index is 0.766. The first-order valence-corrected chi connectivity index (χ1v) is 7.35. The van der Waals surface area contributed by atoms with E-state index in [0.717, 1.165) is 11.7 Å². The lowest BCUT2D eigenvalue weighted by atomic mass is 10.0. The van der Waals surface area contributed by atoms with Crippen LogP contribution >= 0.6 is 0 Å². The fourth-order valence-corrected chi connectivity index (χ4v) is 1.64. The van der Waals surface area contributed by atoms with E-state index in [2.05, 4.69) is 44.2 Å². The largest absolute Gasteiger partial charge is 0.497 e. The summed E-state index contributed by atoms with van der Waals surface area (Å²) in [5.74, 6) is 1.68. The Morgan fingerprint density at radius 1 is 0.800 bits per heavy atom. The first-order chi connectivity index (χ1) is 9.72. The van der Waals surface area contributed by atoms with E-state index >= 15 is 0 Å². The molecule has 1 nitrogen and oxygen atoms in total. The Balaban J connectivity index is 0.000000327. The third-order valence-electron chi connectivity index (χ3n) is 2.47. The molecule has 0 spiro atoms. The number of ether oxygens (including phenoxy) is 1. The zero-order chi connectivity index (χ0) is 15.2. The van der Waals surface area contributed by atoms with E-state index in [-0.39, 0.29) is 0 Å². The van der Waals surface area contributed by atoms with Crippen molar-refractivity contribution < 1.29 is 4.74 Å². The van der Waals surface area contributed by atoms with Gasteiger partial charge >= 0.3 is 0 Å². The maximum atomic E-state index is 4.91. The fourth-order valence-electron chi connectivity index (χ4n) is 1.64. The highest BCUT2D eigenvalue weighted by atomic mass is 16.5. The number of hydrogen-bond acceptors (Lipinski definition) is 1. The van der Waals surface area contributed by atoms with Crippen molar-refractivity contribution in [3.63, 3.8) is 0 Å². The lowest BCUT2D eigenvalue weighted by molar-refractivity contribution is 0.415. The van der Waals surface area contributed by atoms with E-state index in [0.29, 0.717) is 0 Å². The summed E-state index contributed by atoms with van der Waals surface area (Å²) in [5, 5.41) is 0. The van der Waals surface area contributed by atoms with Gasteiger partial charge in [0, 0.05) is 0 Å². The Morgan fingerprint density at radius 3 is 1.60 bits per heavy atom. The van der Waals surface area contributed by atoms with Gasteiger partial charge in [-0.2, -0.15) is 0 Å². The summed E-state index contributed by atoms with van der Waals surface area (Å²) in [7, 11) is 1.66. The molecule has 110 valence electrons. The number of hydrogen-bond donors (Lipinski definition) is 0. The monoisotopic (exact) mass is 272 g/mol. The van der Waals surface area contributed by atoms with Crippen molar-refractivity contribution in [3.8, 4) is 5.75 Å². The van der Waals surface area contributed by atoms with Crippen LogP contribution in [0.15, 0.2) is 60.7 Å².